The molecular formula is C69H55N3. The molecule has 11 rings (SSSR count). The Labute approximate surface area is 424 Å². The molecule has 346 valence electrons. The molecule has 0 atom stereocenters. The van der Waals surface area contributed by atoms with Gasteiger partial charge < -0.3 is 0 Å². The summed E-state index contributed by atoms with van der Waals surface area (Å²) in [7, 11) is 0. The molecule has 0 N–H and O–H groups in total. The number of hydrogen-bond acceptors (Lipinski definition) is 3. The van der Waals surface area contributed by atoms with Crippen LogP contribution in [-0.2, 0) is 25.7 Å². The molecule has 8 aromatic carbocycles. The molecule has 0 aliphatic rings. The minimum atomic E-state index is 0.884. The molecule has 0 aliphatic carbocycles. The van der Waals surface area contributed by atoms with Crippen molar-refractivity contribution in [2.24, 2.45) is 0 Å². The second kappa shape index (κ2) is 21.1. The van der Waals surface area contributed by atoms with Gasteiger partial charge in [0.25, 0.3) is 0 Å². The summed E-state index contributed by atoms with van der Waals surface area (Å²) in [5.41, 5.74) is 25.6. The van der Waals surface area contributed by atoms with Crippen molar-refractivity contribution in [3.05, 3.63) is 282 Å². The maximum Gasteiger partial charge on any atom is 0.0708 e. The lowest BCUT2D eigenvalue weighted by atomic mass is 9.85. The molecule has 0 spiro atoms. The molecule has 3 aromatic heterocycles. The van der Waals surface area contributed by atoms with Crippen LogP contribution in [0.4, 0.5) is 0 Å². The average Bonchev–Trinajstić information content (AvgIpc) is 3.45. The van der Waals surface area contributed by atoms with Crippen molar-refractivity contribution < 1.29 is 0 Å². The lowest BCUT2D eigenvalue weighted by molar-refractivity contribution is 0.913. The van der Waals surface area contributed by atoms with Gasteiger partial charge in [0, 0.05) is 40.8 Å². The van der Waals surface area contributed by atoms with Gasteiger partial charge in [-0.1, -0.05) is 206 Å². The van der Waals surface area contributed by atoms with Crippen LogP contribution in [0, 0.1) is 13.8 Å². The Bertz CT molecular complexity index is 3510. The second-order valence-electron chi connectivity index (χ2n) is 18.8. The highest BCUT2D eigenvalue weighted by Gasteiger charge is 2.20. The van der Waals surface area contributed by atoms with Crippen LogP contribution in [0.5, 0.6) is 0 Å². The Kier molecular flexibility index (Phi) is 13.3. The van der Waals surface area contributed by atoms with E-state index in [1.165, 1.54) is 66.8 Å². The van der Waals surface area contributed by atoms with Crippen LogP contribution >= 0.6 is 0 Å². The van der Waals surface area contributed by atoms with E-state index >= 15 is 0 Å². The minimum absolute atomic E-state index is 0.884. The molecule has 3 nitrogen and oxygen atoms in total. The van der Waals surface area contributed by atoms with E-state index in [1.54, 1.807) is 0 Å². The van der Waals surface area contributed by atoms with Crippen molar-refractivity contribution in [2.75, 3.05) is 0 Å². The maximum atomic E-state index is 5.23. The highest BCUT2D eigenvalue weighted by atomic mass is 14.7. The zero-order chi connectivity index (χ0) is 48.6. The Morgan fingerprint density at radius 3 is 1.17 bits per heavy atom. The van der Waals surface area contributed by atoms with Gasteiger partial charge in [0.1, 0.15) is 0 Å². The molecule has 0 aliphatic heterocycles. The molecule has 11 aromatic rings. The first-order valence-corrected chi connectivity index (χ1v) is 25.1. The molecule has 0 unspecified atom stereocenters. The van der Waals surface area contributed by atoms with Crippen LogP contribution in [0.1, 0.15) is 33.4 Å². The summed E-state index contributed by atoms with van der Waals surface area (Å²) in [6.07, 6.45) is 9.81. The van der Waals surface area contributed by atoms with E-state index < -0.39 is 0 Å². The molecule has 0 fully saturated rings. The zero-order valence-corrected chi connectivity index (χ0v) is 40.8. The number of nitrogens with zero attached hydrogens (tertiary/aromatic N) is 3. The van der Waals surface area contributed by atoms with Crippen molar-refractivity contribution in [3.8, 4) is 89.4 Å². The van der Waals surface area contributed by atoms with Crippen molar-refractivity contribution in [3.63, 3.8) is 0 Å². The van der Waals surface area contributed by atoms with Crippen molar-refractivity contribution >= 4 is 0 Å². The van der Waals surface area contributed by atoms with E-state index in [-0.39, 0.29) is 0 Å². The third-order valence-electron chi connectivity index (χ3n) is 14.0. The van der Waals surface area contributed by atoms with Gasteiger partial charge in [0.15, 0.2) is 0 Å². The van der Waals surface area contributed by atoms with Crippen LogP contribution in [0.15, 0.2) is 249 Å². The van der Waals surface area contributed by atoms with Gasteiger partial charge in [0.05, 0.1) is 17.1 Å². The molecule has 0 amide bonds. The predicted molar refractivity (Wildman–Crippen MR) is 300 cm³/mol. The van der Waals surface area contributed by atoms with E-state index in [0.717, 1.165) is 81.7 Å². The van der Waals surface area contributed by atoms with Gasteiger partial charge in [-0.2, -0.15) is 0 Å². The van der Waals surface area contributed by atoms with E-state index in [1.807, 2.05) is 0 Å². The summed E-state index contributed by atoms with van der Waals surface area (Å²) >= 11 is 0. The highest BCUT2D eigenvalue weighted by molar-refractivity contribution is 5.97. The molecule has 0 bridgehead atoms. The van der Waals surface area contributed by atoms with Crippen LogP contribution in [0.3, 0.4) is 0 Å². The Morgan fingerprint density at radius 1 is 0.250 bits per heavy atom. The van der Waals surface area contributed by atoms with Crippen LogP contribution < -0.4 is 0 Å². The Balaban J connectivity index is 1.02. The van der Waals surface area contributed by atoms with Crippen LogP contribution in [0.25, 0.3) is 89.4 Å². The fourth-order valence-electron chi connectivity index (χ4n) is 10.1. The first-order valence-electron chi connectivity index (χ1n) is 25.1. The van der Waals surface area contributed by atoms with E-state index in [2.05, 4.69) is 263 Å². The fourth-order valence-corrected chi connectivity index (χ4v) is 10.1. The number of aryl methyl sites for hydroxylation is 6. The predicted octanol–water partition coefficient (Wildman–Crippen LogP) is 17.4. The molecule has 3 heteroatoms. The molecular weight excluding hydrogens is 871 g/mol. The van der Waals surface area contributed by atoms with Gasteiger partial charge in [0.2, 0.25) is 0 Å². The standard InChI is InChI=1S/C69H55N3/c1-48-38-67(54-24-12-5-13-25-54)70-45-58(48)34-32-50-40-51(33-35-59-46-71-68(39-49(59)2)55-26-14-6-15-27-55)42-60(41-50)61-30-18-19-31-62(61)66-47-72-69(56-28-16-7-17-29-56)44-65(66)63-37-36-57(52-20-8-3-9-21-52)43-64(63)53-22-10-4-11-23-53/h3-31,36-47H,32-35H2,1-2H3. The minimum Gasteiger partial charge on any atom is -0.256 e. The van der Waals surface area contributed by atoms with Gasteiger partial charge in [-0.15, -0.1) is 0 Å². The SMILES string of the molecule is Cc1cc(-c2ccccc2)ncc1CCc1cc(CCc2cnc(-c3ccccc3)cc2C)cc(-c2ccccc2-c2cnc(-c3ccccc3)cc2-c2ccc(-c3ccccc3)cc2-c2ccccc2)c1. The lowest BCUT2D eigenvalue weighted by Gasteiger charge is -2.20. The quantitative estimate of drug-likeness (QED) is 0.109. The van der Waals surface area contributed by atoms with Crippen molar-refractivity contribution in [1.29, 1.82) is 0 Å². The van der Waals surface area contributed by atoms with Crippen LogP contribution in [0.2, 0.25) is 0 Å². The topological polar surface area (TPSA) is 38.7 Å². The summed E-state index contributed by atoms with van der Waals surface area (Å²) in [5.74, 6) is 0. The zero-order valence-electron chi connectivity index (χ0n) is 40.8. The average molecular weight is 926 g/mol. The fraction of sp³-hybridized carbons (Fsp3) is 0.0870. The third kappa shape index (κ3) is 10.1. The van der Waals surface area contributed by atoms with Gasteiger partial charge in [-0.25, -0.2) is 0 Å². The Hall–Kier alpha value is -8.79. The largest absolute Gasteiger partial charge is 0.256 e. The van der Waals surface area contributed by atoms with Gasteiger partial charge in [-0.3, -0.25) is 15.0 Å². The number of benzene rings is 8. The van der Waals surface area contributed by atoms with E-state index in [9.17, 15) is 0 Å². The molecule has 0 saturated heterocycles. The van der Waals surface area contributed by atoms with Crippen LogP contribution in [-0.4, -0.2) is 15.0 Å². The number of aromatic nitrogens is 3. The van der Waals surface area contributed by atoms with Crippen molar-refractivity contribution in [1.82, 2.24) is 15.0 Å². The molecule has 72 heavy (non-hydrogen) atoms. The summed E-state index contributed by atoms with van der Waals surface area (Å²) in [6.45, 7) is 4.43. The smallest absolute Gasteiger partial charge is 0.0708 e. The van der Waals surface area contributed by atoms with E-state index in [0.29, 0.717) is 0 Å². The number of hydrogen-bond donors (Lipinski definition) is 0. The summed E-state index contributed by atoms with van der Waals surface area (Å²) in [5, 5.41) is 0. The molecule has 0 saturated carbocycles. The normalized spacial score (nSPS) is 11.1. The van der Waals surface area contributed by atoms with E-state index in [4.69, 9.17) is 15.0 Å². The summed E-state index contributed by atoms with van der Waals surface area (Å²) < 4.78 is 0. The Morgan fingerprint density at radius 2 is 0.667 bits per heavy atom. The number of rotatable bonds is 14. The van der Waals surface area contributed by atoms with Gasteiger partial charge in [-0.05, 0) is 147 Å². The first kappa shape index (κ1) is 45.6. The van der Waals surface area contributed by atoms with Gasteiger partial charge >= 0.3 is 0 Å². The summed E-state index contributed by atoms with van der Waals surface area (Å²) in [6, 6.07) is 82.8. The molecule has 0 radical (unpaired) electrons. The van der Waals surface area contributed by atoms with Crippen molar-refractivity contribution in [2.45, 2.75) is 39.5 Å². The summed E-state index contributed by atoms with van der Waals surface area (Å²) in [4.78, 5) is 15.1. The molecule has 3 heterocycles. The lowest BCUT2D eigenvalue weighted by Crippen LogP contribution is -2.01. The monoisotopic (exact) mass is 925 g/mol. The third-order valence-corrected chi connectivity index (χ3v) is 14.0. The number of pyridine rings is 3. The highest BCUT2D eigenvalue weighted by Crippen LogP contribution is 2.44. The second-order valence-corrected chi connectivity index (χ2v) is 18.8. The first-order chi connectivity index (χ1) is 35.5. The maximum absolute atomic E-state index is 5.23.